The second-order valence-electron chi connectivity index (χ2n) is 10.1. The van der Waals surface area contributed by atoms with E-state index in [2.05, 4.69) is 40.6 Å². The van der Waals surface area contributed by atoms with Gasteiger partial charge in [0.15, 0.2) is 0 Å². The molecular weight excluding hydrogens is 551 g/mol. The van der Waals surface area contributed by atoms with Crippen molar-refractivity contribution in [3.63, 3.8) is 0 Å². The van der Waals surface area contributed by atoms with Gasteiger partial charge in [0.1, 0.15) is 0 Å². The van der Waals surface area contributed by atoms with Crippen LogP contribution in [0.3, 0.4) is 0 Å². The first-order valence-electron chi connectivity index (χ1n) is 13.0. The van der Waals surface area contributed by atoms with E-state index in [4.69, 9.17) is 11.6 Å². The Bertz CT molecular complexity index is 1120. The van der Waals surface area contributed by atoms with Crippen molar-refractivity contribution in [1.82, 2.24) is 15.1 Å². The Labute approximate surface area is 237 Å². The van der Waals surface area contributed by atoms with E-state index in [1.165, 1.54) is 50.2 Å². The number of hydrogen-bond acceptors (Lipinski definition) is 5. The number of hydrogen-bond donors (Lipinski definition) is 3. The van der Waals surface area contributed by atoms with Crippen LogP contribution in [0.15, 0.2) is 67.8 Å². The molecule has 0 radical (unpaired) electrons. The first kappa shape index (κ1) is 31.9. The zero-order chi connectivity index (χ0) is 29.5. The molecule has 220 valence electrons. The van der Waals surface area contributed by atoms with Gasteiger partial charge in [-0.05, 0) is 62.8 Å². The fraction of sp³-hybridized carbons (Fsp3) is 0.448. The van der Waals surface area contributed by atoms with Crippen LogP contribution < -0.4 is 10.6 Å². The maximum absolute atomic E-state index is 12.5. The molecule has 1 atom stereocenters. The second kappa shape index (κ2) is 13.8. The highest BCUT2D eigenvalue weighted by Gasteiger charge is 2.52. The average Bonchev–Trinajstić information content (AvgIpc) is 2.89. The third-order valence-electron chi connectivity index (χ3n) is 7.19. The van der Waals surface area contributed by atoms with E-state index in [0.29, 0.717) is 34.4 Å². The van der Waals surface area contributed by atoms with Gasteiger partial charge in [0, 0.05) is 36.1 Å². The van der Waals surface area contributed by atoms with Crippen molar-refractivity contribution < 1.29 is 27.1 Å². The molecule has 0 saturated carbocycles. The molecule has 2 aromatic rings. The third-order valence-corrected chi connectivity index (χ3v) is 7.50. The number of alkyl halides is 5. The minimum absolute atomic E-state index is 0.234. The van der Waals surface area contributed by atoms with Crippen molar-refractivity contribution in [2.75, 3.05) is 45.1 Å². The first-order chi connectivity index (χ1) is 18.8. The molecule has 11 heteroatoms. The molecule has 3 N–H and O–H groups in total. The van der Waals surface area contributed by atoms with Gasteiger partial charge in [-0.1, -0.05) is 55.1 Å². The van der Waals surface area contributed by atoms with Gasteiger partial charge in [-0.2, -0.15) is 13.2 Å². The van der Waals surface area contributed by atoms with Crippen LogP contribution in [-0.2, 0) is 5.60 Å². The number of nitrogens with zero attached hydrogens (tertiary/aromatic N) is 2. The lowest BCUT2D eigenvalue weighted by Gasteiger charge is -2.47. The molecule has 2 saturated heterocycles. The van der Waals surface area contributed by atoms with E-state index in [1.807, 2.05) is 18.2 Å². The quantitative estimate of drug-likeness (QED) is 0.249. The molecule has 2 heterocycles. The van der Waals surface area contributed by atoms with Gasteiger partial charge in [0.2, 0.25) is 5.60 Å². The smallest absolute Gasteiger partial charge is 0.380 e. The lowest BCUT2D eigenvalue weighted by molar-refractivity contribution is -0.245. The summed E-state index contributed by atoms with van der Waals surface area (Å²) in [6.45, 7) is 10.8. The first-order valence-corrected chi connectivity index (χ1v) is 13.4. The van der Waals surface area contributed by atoms with Crippen molar-refractivity contribution in [3.8, 4) is 0 Å². The van der Waals surface area contributed by atoms with Crippen LogP contribution in [0, 0.1) is 0 Å². The molecule has 0 aromatic heterocycles. The summed E-state index contributed by atoms with van der Waals surface area (Å²) in [5.41, 5.74) is -1.18. The van der Waals surface area contributed by atoms with Crippen molar-refractivity contribution in [2.45, 2.75) is 43.1 Å². The average molecular weight is 587 g/mol. The second-order valence-corrected chi connectivity index (χ2v) is 10.5. The number of benzene rings is 2. The molecule has 2 aliphatic heterocycles. The van der Waals surface area contributed by atoms with Gasteiger partial charge in [0.05, 0.1) is 17.6 Å². The lowest BCUT2D eigenvalue weighted by atomic mass is 9.93. The van der Waals surface area contributed by atoms with E-state index in [9.17, 15) is 27.1 Å². The summed E-state index contributed by atoms with van der Waals surface area (Å²) < 4.78 is 62.0. The maximum atomic E-state index is 12.5. The predicted molar refractivity (Wildman–Crippen MR) is 151 cm³/mol. The summed E-state index contributed by atoms with van der Waals surface area (Å²) in [6.07, 6.45) is -4.19. The molecular formula is C29H36ClF5N4O. The Morgan fingerprint density at radius 1 is 1.12 bits per heavy atom. The molecule has 5 nitrogen and oxygen atoms in total. The summed E-state index contributed by atoms with van der Waals surface area (Å²) >= 11 is 6.30. The number of halogens is 6. The largest absolute Gasteiger partial charge is 0.425 e. The highest BCUT2D eigenvalue weighted by Crippen LogP contribution is 2.39. The van der Waals surface area contributed by atoms with Gasteiger partial charge in [-0.15, -0.1) is 0 Å². The Morgan fingerprint density at radius 2 is 1.75 bits per heavy atom. The van der Waals surface area contributed by atoms with Crippen LogP contribution in [0.2, 0.25) is 5.02 Å². The van der Waals surface area contributed by atoms with E-state index < -0.39 is 24.7 Å². The summed E-state index contributed by atoms with van der Waals surface area (Å²) in [6, 6.07) is 13.5. The highest BCUT2D eigenvalue weighted by molar-refractivity contribution is 6.32. The summed E-state index contributed by atoms with van der Waals surface area (Å²) in [7, 11) is 2.18. The number of rotatable bonds is 9. The fourth-order valence-corrected chi connectivity index (χ4v) is 5.03. The third kappa shape index (κ3) is 8.19. The van der Waals surface area contributed by atoms with E-state index in [0.717, 1.165) is 18.8 Å². The molecule has 40 heavy (non-hydrogen) atoms. The number of likely N-dealkylation sites (tertiary alicyclic amines) is 2. The van der Waals surface area contributed by atoms with Crippen LogP contribution in [0.25, 0.3) is 5.70 Å². The summed E-state index contributed by atoms with van der Waals surface area (Å²) in [5.74, 6) is 0. The van der Waals surface area contributed by atoms with Gasteiger partial charge in [-0.25, -0.2) is 8.78 Å². The van der Waals surface area contributed by atoms with Gasteiger partial charge in [-0.3, -0.25) is 4.90 Å². The van der Waals surface area contributed by atoms with Crippen molar-refractivity contribution in [3.05, 3.63) is 83.9 Å². The fourth-order valence-electron chi connectivity index (χ4n) is 4.73. The minimum Gasteiger partial charge on any atom is -0.380 e. The molecule has 1 unspecified atom stereocenters. The lowest BCUT2D eigenvalue weighted by Crippen LogP contribution is -2.60. The molecule has 0 spiro atoms. The van der Waals surface area contributed by atoms with Crippen molar-refractivity contribution in [2.24, 2.45) is 0 Å². The Hall–Kier alpha value is -2.66. The normalized spacial score (nSPS) is 18.7. The van der Waals surface area contributed by atoms with Crippen LogP contribution in [0.5, 0.6) is 0 Å². The SMILES string of the molecule is C=C(NCC(F)F)c1ccc(NC2CN(C3CCN(C)CC3)C2)cc1Cl.C=CC(O)(c1ccccc1)C(F)(F)F. The van der Waals surface area contributed by atoms with E-state index >= 15 is 0 Å². The number of piperidine rings is 1. The molecule has 2 fully saturated rings. The molecule has 2 aliphatic rings. The van der Waals surface area contributed by atoms with Crippen molar-refractivity contribution in [1.29, 1.82) is 0 Å². The topological polar surface area (TPSA) is 50.8 Å². The number of aliphatic hydroxyl groups is 1. The van der Waals surface area contributed by atoms with Gasteiger partial charge in [0.25, 0.3) is 6.43 Å². The zero-order valence-corrected chi connectivity index (χ0v) is 23.2. The van der Waals surface area contributed by atoms with Crippen LogP contribution in [0.4, 0.5) is 27.6 Å². The Kier molecular flexibility index (Phi) is 11.0. The summed E-state index contributed by atoms with van der Waals surface area (Å²) in [4.78, 5) is 4.94. The minimum atomic E-state index is -4.75. The maximum Gasteiger partial charge on any atom is 0.425 e. The van der Waals surface area contributed by atoms with Crippen LogP contribution in [-0.4, -0.2) is 79.4 Å². The molecule has 4 rings (SSSR count). The van der Waals surface area contributed by atoms with E-state index in [-0.39, 0.29) is 5.56 Å². The van der Waals surface area contributed by atoms with Crippen LogP contribution in [0.1, 0.15) is 24.0 Å². The monoisotopic (exact) mass is 586 g/mol. The van der Waals surface area contributed by atoms with Gasteiger partial charge >= 0.3 is 6.18 Å². The highest BCUT2D eigenvalue weighted by atomic mass is 35.5. The van der Waals surface area contributed by atoms with Gasteiger partial charge < -0.3 is 20.6 Å². The standard InChI is InChI=1S/C19H27ClF2N4.C10H9F3O/c1-13(23-10-19(21)22)17-4-3-14(9-18(17)20)24-15-11-26(12-15)16-5-7-25(2)8-6-16;1-2-9(14,10(11,12)13)8-6-4-3-5-7-8/h3-4,9,15-16,19,23-24H,1,5-8,10-12H2,2H3;2-7,14H,1H2. The summed E-state index contributed by atoms with van der Waals surface area (Å²) in [5, 5.41) is 16.0. The molecule has 0 amide bonds. The van der Waals surface area contributed by atoms with Crippen molar-refractivity contribution >= 4 is 23.0 Å². The Morgan fingerprint density at radius 3 is 2.27 bits per heavy atom. The number of nitrogens with one attached hydrogen (secondary N) is 2. The molecule has 0 aliphatic carbocycles. The molecule has 2 aromatic carbocycles. The van der Waals surface area contributed by atoms with E-state index in [1.54, 1.807) is 6.07 Å². The predicted octanol–water partition coefficient (Wildman–Crippen LogP) is 5.98. The number of anilines is 1. The zero-order valence-electron chi connectivity index (χ0n) is 22.4. The van der Waals surface area contributed by atoms with Crippen LogP contribution >= 0.6 is 11.6 Å². The Balaban J connectivity index is 0.000000267. The molecule has 0 bridgehead atoms.